The highest BCUT2D eigenvalue weighted by molar-refractivity contribution is 8.13. The molecule has 136 valence electrons. The molecular weight excluding hydrogens is 382 g/mol. The van der Waals surface area contributed by atoms with Crippen LogP contribution in [0.3, 0.4) is 0 Å². The Labute approximate surface area is 154 Å². The highest BCUT2D eigenvalue weighted by Crippen LogP contribution is 2.36. The third kappa shape index (κ3) is 3.86. The van der Waals surface area contributed by atoms with Crippen molar-refractivity contribution < 1.29 is 22.9 Å². The van der Waals surface area contributed by atoms with Crippen LogP contribution in [0.15, 0.2) is 47.4 Å². The second-order valence-electron chi connectivity index (χ2n) is 5.92. The molecule has 1 unspecified atom stereocenters. The molecule has 0 N–H and O–H groups in total. The van der Waals surface area contributed by atoms with E-state index in [0.717, 1.165) is 5.56 Å². The Hall–Kier alpha value is -2.45. The second-order valence-corrected chi connectivity index (χ2v) is 8.49. The number of hydrogen-bond donors (Lipinski definition) is 0. The molecular formula is C17H14ClNO6S. The first-order valence-electron chi connectivity index (χ1n) is 7.73. The zero-order chi connectivity index (χ0) is 18.9. The first-order chi connectivity index (χ1) is 12.3. The van der Waals surface area contributed by atoms with Crippen molar-refractivity contribution in [1.29, 1.82) is 0 Å². The molecule has 0 fully saturated rings. The molecule has 0 saturated carbocycles. The van der Waals surface area contributed by atoms with E-state index in [-0.39, 0.29) is 17.2 Å². The van der Waals surface area contributed by atoms with Gasteiger partial charge in [-0.3, -0.25) is 14.9 Å². The Balaban J connectivity index is 1.71. The molecule has 9 heteroatoms. The average molecular weight is 396 g/mol. The van der Waals surface area contributed by atoms with Gasteiger partial charge >= 0.3 is 5.97 Å². The van der Waals surface area contributed by atoms with Gasteiger partial charge in [-0.25, -0.2) is 8.42 Å². The maximum absolute atomic E-state index is 12.4. The van der Waals surface area contributed by atoms with Crippen LogP contribution in [0.5, 0.6) is 0 Å². The molecule has 7 nitrogen and oxygen atoms in total. The molecule has 2 aromatic carbocycles. The smallest absolute Gasteiger partial charge is 0.313 e. The number of nitro benzene ring substituents is 1. The predicted molar refractivity (Wildman–Crippen MR) is 93.4 cm³/mol. The molecule has 26 heavy (non-hydrogen) atoms. The first-order valence-corrected chi connectivity index (χ1v) is 10.0. The number of ether oxygens (including phenoxy) is 1. The van der Waals surface area contributed by atoms with E-state index in [2.05, 4.69) is 0 Å². The fraction of sp³-hybridized carbons (Fsp3) is 0.235. The van der Waals surface area contributed by atoms with Crippen LogP contribution in [0, 0.1) is 10.1 Å². The van der Waals surface area contributed by atoms with E-state index >= 15 is 0 Å². The summed E-state index contributed by atoms with van der Waals surface area (Å²) < 4.78 is 28.3. The summed E-state index contributed by atoms with van der Waals surface area (Å²) in [7, 11) is 1.50. The number of benzene rings is 2. The summed E-state index contributed by atoms with van der Waals surface area (Å²) in [4.78, 5) is 22.5. The van der Waals surface area contributed by atoms with Crippen LogP contribution in [0.4, 0.5) is 5.69 Å². The highest BCUT2D eigenvalue weighted by Gasteiger charge is 2.31. The highest BCUT2D eigenvalue weighted by atomic mass is 35.7. The Morgan fingerprint density at radius 1 is 1.23 bits per heavy atom. The largest absolute Gasteiger partial charge is 0.460 e. The molecule has 1 aliphatic carbocycles. The molecule has 0 radical (unpaired) electrons. The molecule has 0 spiro atoms. The molecule has 1 atom stereocenters. The number of aryl methyl sites for hydroxylation is 1. The van der Waals surface area contributed by atoms with E-state index in [1.165, 1.54) is 36.4 Å². The average Bonchev–Trinajstić information content (AvgIpc) is 3.02. The van der Waals surface area contributed by atoms with Gasteiger partial charge < -0.3 is 4.74 Å². The number of esters is 1. The van der Waals surface area contributed by atoms with Crippen LogP contribution in [-0.4, -0.2) is 19.3 Å². The minimum Gasteiger partial charge on any atom is -0.460 e. The molecule has 0 aromatic heterocycles. The van der Waals surface area contributed by atoms with Crippen molar-refractivity contribution >= 4 is 31.4 Å². The van der Waals surface area contributed by atoms with E-state index in [9.17, 15) is 23.3 Å². The van der Waals surface area contributed by atoms with Crippen molar-refractivity contribution in [3.8, 4) is 0 Å². The van der Waals surface area contributed by atoms with E-state index in [4.69, 9.17) is 15.4 Å². The van der Waals surface area contributed by atoms with Crippen LogP contribution in [-0.2, 0) is 31.6 Å². The van der Waals surface area contributed by atoms with Crippen LogP contribution in [0.2, 0.25) is 0 Å². The topological polar surface area (TPSA) is 104 Å². The molecule has 0 amide bonds. The van der Waals surface area contributed by atoms with Gasteiger partial charge in [-0.1, -0.05) is 6.07 Å². The van der Waals surface area contributed by atoms with E-state index in [1.54, 1.807) is 6.07 Å². The number of nitrogens with zero attached hydrogens (tertiary/aromatic N) is 1. The van der Waals surface area contributed by atoms with Gasteiger partial charge in [0.15, 0.2) is 0 Å². The Morgan fingerprint density at radius 3 is 2.54 bits per heavy atom. The maximum Gasteiger partial charge on any atom is 0.313 e. The van der Waals surface area contributed by atoms with Crippen molar-refractivity contribution in [1.82, 2.24) is 0 Å². The third-order valence-electron chi connectivity index (χ3n) is 4.29. The summed E-state index contributed by atoms with van der Waals surface area (Å²) in [5.74, 6) is -1.02. The number of carbonyl (C=O) groups excluding carboxylic acids is 1. The summed E-state index contributed by atoms with van der Waals surface area (Å²) >= 11 is 0. The Morgan fingerprint density at radius 2 is 1.92 bits per heavy atom. The van der Waals surface area contributed by atoms with Crippen LogP contribution >= 0.6 is 10.7 Å². The standard InChI is InChI=1S/C17H14ClNO6S/c18-26(23,24)14-7-3-12-4-8-15(16(12)9-14)17(20)25-10-11-1-5-13(6-2-11)19(21)22/h1-3,5-7,9,15H,4,8,10H2. The maximum atomic E-state index is 12.4. The summed E-state index contributed by atoms with van der Waals surface area (Å²) in [6, 6.07) is 10.2. The number of hydrogen-bond acceptors (Lipinski definition) is 6. The van der Waals surface area contributed by atoms with Gasteiger partial charge in [-0.05, 0) is 53.8 Å². The van der Waals surface area contributed by atoms with Crippen LogP contribution in [0.1, 0.15) is 29.0 Å². The van der Waals surface area contributed by atoms with Crippen LogP contribution in [0.25, 0.3) is 0 Å². The number of nitro groups is 1. The fourth-order valence-electron chi connectivity index (χ4n) is 2.95. The van der Waals surface area contributed by atoms with Crippen molar-refractivity contribution in [3.63, 3.8) is 0 Å². The Bertz CT molecular complexity index is 971. The van der Waals surface area contributed by atoms with Gasteiger partial charge in [-0.2, -0.15) is 0 Å². The van der Waals surface area contributed by atoms with Crippen LogP contribution < -0.4 is 0 Å². The number of carbonyl (C=O) groups is 1. The minimum atomic E-state index is -3.87. The molecule has 1 aliphatic rings. The predicted octanol–water partition coefficient (Wildman–Crippen LogP) is 3.30. The van der Waals surface area contributed by atoms with Gasteiger partial charge in [0.05, 0.1) is 15.7 Å². The van der Waals surface area contributed by atoms with Gasteiger partial charge in [0.25, 0.3) is 14.7 Å². The molecule has 3 rings (SSSR count). The van der Waals surface area contributed by atoms with Gasteiger partial charge in [0.1, 0.15) is 6.61 Å². The zero-order valence-corrected chi connectivity index (χ0v) is 15.0. The van der Waals surface area contributed by atoms with Crippen molar-refractivity contribution in [2.75, 3.05) is 0 Å². The summed E-state index contributed by atoms with van der Waals surface area (Å²) in [6.45, 7) is -0.0177. The second kappa shape index (κ2) is 7.05. The lowest BCUT2D eigenvalue weighted by atomic mass is 10.0. The zero-order valence-electron chi connectivity index (χ0n) is 13.4. The molecule has 0 heterocycles. The van der Waals surface area contributed by atoms with E-state index in [1.807, 2.05) is 0 Å². The van der Waals surface area contributed by atoms with Crippen molar-refractivity contribution in [3.05, 3.63) is 69.3 Å². The summed E-state index contributed by atoms with van der Waals surface area (Å²) in [6.07, 6.45) is 1.18. The number of halogens is 1. The Kier molecular flexibility index (Phi) is 4.97. The molecule has 0 aliphatic heterocycles. The lowest BCUT2D eigenvalue weighted by Gasteiger charge is -2.12. The van der Waals surface area contributed by atoms with Gasteiger partial charge in [0.2, 0.25) is 0 Å². The molecule has 2 aromatic rings. The SMILES string of the molecule is O=C(OCc1ccc([N+](=O)[O-])cc1)C1CCc2ccc(S(=O)(=O)Cl)cc21. The fourth-order valence-corrected chi connectivity index (χ4v) is 3.73. The third-order valence-corrected chi connectivity index (χ3v) is 5.64. The van der Waals surface area contributed by atoms with Gasteiger partial charge in [-0.15, -0.1) is 0 Å². The minimum absolute atomic E-state index is 0.0177. The first kappa shape index (κ1) is 18.3. The lowest BCUT2D eigenvalue weighted by Crippen LogP contribution is -2.14. The number of rotatable bonds is 5. The number of fused-ring (bicyclic) bond motifs is 1. The van der Waals surface area contributed by atoms with Crippen molar-refractivity contribution in [2.45, 2.75) is 30.3 Å². The van der Waals surface area contributed by atoms with E-state index < -0.39 is 25.9 Å². The lowest BCUT2D eigenvalue weighted by molar-refractivity contribution is -0.384. The van der Waals surface area contributed by atoms with E-state index in [0.29, 0.717) is 24.0 Å². The summed E-state index contributed by atoms with van der Waals surface area (Å²) in [5, 5.41) is 10.6. The number of non-ortho nitro benzene ring substituents is 1. The normalized spacial score (nSPS) is 16.1. The monoisotopic (exact) mass is 395 g/mol. The summed E-state index contributed by atoms with van der Waals surface area (Å²) in [5.41, 5.74) is 2.09. The van der Waals surface area contributed by atoms with Gasteiger partial charge in [0, 0.05) is 22.8 Å². The van der Waals surface area contributed by atoms with Crippen molar-refractivity contribution in [2.24, 2.45) is 0 Å². The molecule has 0 saturated heterocycles. The quantitative estimate of drug-likeness (QED) is 0.333. The molecule has 0 bridgehead atoms.